The van der Waals surface area contributed by atoms with Crippen molar-refractivity contribution in [2.45, 2.75) is 31.8 Å². The molecule has 0 aromatic heterocycles. The molecule has 0 bridgehead atoms. The van der Waals surface area contributed by atoms with E-state index in [1.807, 2.05) is 6.07 Å². The quantitative estimate of drug-likeness (QED) is 0.901. The maximum absolute atomic E-state index is 11.0. The number of aryl methyl sites for hydroxylation is 1. The van der Waals surface area contributed by atoms with Gasteiger partial charge < -0.3 is 10.4 Å². The number of hydrogen-bond donors (Lipinski definition) is 2. The van der Waals surface area contributed by atoms with Gasteiger partial charge in [-0.05, 0) is 48.1 Å². The first-order chi connectivity index (χ1) is 10.2. The summed E-state index contributed by atoms with van der Waals surface area (Å²) in [4.78, 5) is 11.0. The Hall–Kier alpha value is -2.13. The maximum Gasteiger partial charge on any atom is 0.335 e. The van der Waals surface area contributed by atoms with Gasteiger partial charge in [0, 0.05) is 12.6 Å². The maximum atomic E-state index is 11.0. The van der Waals surface area contributed by atoms with E-state index in [0.717, 1.165) is 18.4 Å². The number of hydrogen-bond acceptors (Lipinski definition) is 2. The molecule has 0 saturated carbocycles. The molecule has 0 amide bonds. The number of fused-ring (bicyclic) bond motifs is 1. The Kier molecular flexibility index (Phi) is 4.02. The zero-order valence-corrected chi connectivity index (χ0v) is 11.9. The van der Waals surface area contributed by atoms with Crippen LogP contribution in [-0.2, 0) is 13.0 Å². The van der Waals surface area contributed by atoms with E-state index in [2.05, 4.69) is 29.6 Å². The molecule has 3 rings (SSSR count). The van der Waals surface area contributed by atoms with Gasteiger partial charge in [0.1, 0.15) is 0 Å². The fourth-order valence-electron chi connectivity index (χ4n) is 3.02. The Labute approximate surface area is 124 Å². The van der Waals surface area contributed by atoms with Gasteiger partial charge in [0.05, 0.1) is 5.56 Å². The van der Waals surface area contributed by atoms with Gasteiger partial charge in [-0.2, -0.15) is 0 Å². The van der Waals surface area contributed by atoms with E-state index in [1.165, 1.54) is 17.5 Å². The number of aromatic carboxylic acids is 1. The van der Waals surface area contributed by atoms with Crippen LogP contribution in [0.1, 0.15) is 45.9 Å². The second-order valence-electron chi connectivity index (χ2n) is 5.53. The van der Waals surface area contributed by atoms with Crippen molar-refractivity contribution in [1.82, 2.24) is 5.32 Å². The predicted molar refractivity (Wildman–Crippen MR) is 82.4 cm³/mol. The molecule has 1 unspecified atom stereocenters. The smallest absolute Gasteiger partial charge is 0.335 e. The van der Waals surface area contributed by atoms with Crippen LogP contribution in [0.3, 0.4) is 0 Å². The molecule has 21 heavy (non-hydrogen) atoms. The third kappa shape index (κ3) is 3.14. The van der Waals surface area contributed by atoms with Crippen molar-refractivity contribution in [3.05, 3.63) is 70.8 Å². The van der Waals surface area contributed by atoms with E-state index in [9.17, 15) is 4.79 Å². The highest BCUT2D eigenvalue weighted by molar-refractivity contribution is 5.87. The summed E-state index contributed by atoms with van der Waals surface area (Å²) in [5, 5.41) is 12.6. The van der Waals surface area contributed by atoms with Gasteiger partial charge in [-0.15, -0.1) is 0 Å². The average molecular weight is 281 g/mol. The van der Waals surface area contributed by atoms with Crippen molar-refractivity contribution in [2.75, 3.05) is 0 Å². The zero-order chi connectivity index (χ0) is 14.7. The molecule has 2 aromatic rings. The Morgan fingerprint density at radius 2 is 2.05 bits per heavy atom. The first kappa shape index (κ1) is 13.8. The topological polar surface area (TPSA) is 49.3 Å². The Morgan fingerprint density at radius 1 is 1.19 bits per heavy atom. The summed E-state index contributed by atoms with van der Waals surface area (Å²) in [6.07, 6.45) is 3.49. The Morgan fingerprint density at radius 3 is 2.90 bits per heavy atom. The van der Waals surface area contributed by atoms with Crippen molar-refractivity contribution in [2.24, 2.45) is 0 Å². The van der Waals surface area contributed by atoms with Crippen molar-refractivity contribution < 1.29 is 9.90 Å². The van der Waals surface area contributed by atoms with Gasteiger partial charge in [0.15, 0.2) is 0 Å². The fourth-order valence-corrected chi connectivity index (χ4v) is 3.02. The SMILES string of the molecule is O=C(O)c1cccc(CNC2CCCc3ccccc32)c1. The summed E-state index contributed by atoms with van der Waals surface area (Å²) in [6.45, 7) is 0.695. The van der Waals surface area contributed by atoms with E-state index in [4.69, 9.17) is 5.11 Å². The molecule has 0 spiro atoms. The number of benzene rings is 2. The largest absolute Gasteiger partial charge is 0.478 e. The van der Waals surface area contributed by atoms with E-state index in [1.54, 1.807) is 18.2 Å². The summed E-state index contributed by atoms with van der Waals surface area (Å²) in [6, 6.07) is 16.1. The lowest BCUT2D eigenvalue weighted by molar-refractivity contribution is 0.0696. The number of rotatable bonds is 4. The van der Waals surface area contributed by atoms with Gasteiger partial charge >= 0.3 is 5.97 Å². The van der Waals surface area contributed by atoms with Crippen molar-refractivity contribution in [3.8, 4) is 0 Å². The second-order valence-corrected chi connectivity index (χ2v) is 5.53. The summed E-state index contributed by atoms with van der Waals surface area (Å²) in [7, 11) is 0. The highest BCUT2D eigenvalue weighted by Gasteiger charge is 2.18. The molecule has 2 N–H and O–H groups in total. The normalized spacial score (nSPS) is 17.2. The van der Waals surface area contributed by atoms with Crippen molar-refractivity contribution in [1.29, 1.82) is 0 Å². The molecule has 3 heteroatoms. The molecule has 0 radical (unpaired) electrons. The lowest BCUT2D eigenvalue weighted by Crippen LogP contribution is -2.24. The fraction of sp³-hybridized carbons (Fsp3) is 0.278. The average Bonchev–Trinajstić information content (AvgIpc) is 2.53. The molecule has 1 atom stereocenters. The van der Waals surface area contributed by atoms with Crippen molar-refractivity contribution in [3.63, 3.8) is 0 Å². The molecular weight excluding hydrogens is 262 g/mol. The number of carbonyl (C=O) groups is 1. The predicted octanol–water partition coefficient (Wildman–Crippen LogP) is 3.55. The second kappa shape index (κ2) is 6.10. The van der Waals surface area contributed by atoms with Gasteiger partial charge in [0.2, 0.25) is 0 Å². The van der Waals surface area contributed by atoms with Crippen LogP contribution >= 0.6 is 0 Å². The lowest BCUT2D eigenvalue weighted by Gasteiger charge is -2.26. The summed E-state index contributed by atoms with van der Waals surface area (Å²) in [5.41, 5.74) is 4.18. The molecular formula is C18H19NO2. The molecule has 0 saturated heterocycles. The monoisotopic (exact) mass is 281 g/mol. The third-order valence-corrected chi connectivity index (χ3v) is 4.10. The van der Waals surface area contributed by atoms with Crippen LogP contribution in [0.2, 0.25) is 0 Å². The highest BCUT2D eigenvalue weighted by Crippen LogP contribution is 2.29. The van der Waals surface area contributed by atoms with Gasteiger partial charge in [-0.3, -0.25) is 0 Å². The molecule has 3 nitrogen and oxygen atoms in total. The van der Waals surface area contributed by atoms with Crippen LogP contribution in [0.5, 0.6) is 0 Å². The van der Waals surface area contributed by atoms with Crippen LogP contribution in [0.15, 0.2) is 48.5 Å². The minimum Gasteiger partial charge on any atom is -0.478 e. The van der Waals surface area contributed by atoms with Crippen LogP contribution in [-0.4, -0.2) is 11.1 Å². The highest BCUT2D eigenvalue weighted by atomic mass is 16.4. The van der Waals surface area contributed by atoms with Crippen molar-refractivity contribution >= 4 is 5.97 Å². The first-order valence-electron chi connectivity index (χ1n) is 7.37. The third-order valence-electron chi connectivity index (χ3n) is 4.10. The van der Waals surface area contributed by atoms with E-state index < -0.39 is 5.97 Å². The molecule has 2 aromatic carbocycles. The minimum atomic E-state index is -0.875. The zero-order valence-electron chi connectivity index (χ0n) is 11.9. The minimum absolute atomic E-state index is 0.346. The molecule has 1 aliphatic carbocycles. The lowest BCUT2D eigenvalue weighted by atomic mass is 9.87. The number of carboxylic acids is 1. The van der Waals surface area contributed by atoms with E-state index in [-0.39, 0.29) is 0 Å². The molecule has 0 fully saturated rings. The Bertz CT molecular complexity index is 651. The summed E-state index contributed by atoms with van der Waals surface area (Å²) >= 11 is 0. The van der Waals surface area contributed by atoms with Gasteiger partial charge in [-0.25, -0.2) is 4.79 Å². The number of nitrogens with one attached hydrogen (secondary N) is 1. The van der Waals surface area contributed by atoms with E-state index >= 15 is 0 Å². The van der Waals surface area contributed by atoms with Crippen LogP contribution in [0.4, 0.5) is 0 Å². The van der Waals surface area contributed by atoms with Gasteiger partial charge in [-0.1, -0.05) is 36.4 Å². The molecule has 108 valence electrons. The van der Waals surface area contributed by atoms with Crippen LogP contribution in [0.25, 0.3) is 0 Å². The van der Waals surface area contributed by atoms with E-state index in [0.29, 0.717) is 18.2 Å². The summed E-state index contributed by atoms with van der Waals surface area (Å²) < 4.78 is 0. The first-order valence-corrected chi connectivity index (χ1v) is 7.37. The van der Waals surface area contributed by atoms with Crippen LogP contribution in [0, 0.1) is 0 Å². The van der Waals surface area contributed by atoms with Crippen LogP contribution < -0.4 is 5.32 Å². The number of carboxylic acid groups (broad SMARTS) is 1. The molecule has 0 heterocycles. The standard InChI is InChI=1S/C18H19NO2/c20-18(21)15-8-3-5-13(11-15)12-19-17-10-4-7-14-6-1-2-9-16(14)17/h1-3,5-6,8-9,11,17,19H,4,7,10,12H2,(H,20,21). The molecule has 1 aliphatic rings. The van der Waals surface area contributed by atoms with Gasteiger partial charge in [0.25, 0.3) is 0 Å². The summed E-state index contributed by atoms with van der Waals surface area (Å²) in [5.74, 6) is -0.875. The molecule has 0 aliphatic heterocycles. The Balaban J connectivity index is 1.71.